The predicted molar refractivity (Wildman–Crippen MR) is 83.9 cm³/mol. The van der Waals surface area contributed by atoms with Crippen LogP contribution in [-0.2, 0) is 0 Å². The van der Waals surface area contributed by atoms with Crippen LogP contribution < -0.4 is 10.1 Å². The molecule has 0 radical (unpaired) electrons. The molecule has 0 aliphatic rings. The molecule has 5 heteroatoms. The summed E-state index contributed by atoms with van der Waals surface area (Å²) in [5.74, 6) is 0.256. The zero-order chi connectivity index (χ0) is 15.2. The number of carbonyl (C=O) groups excluding carboxylic acids is 1. The molecule has 21 heavy (non-hydrogen) atoms. The maximum Gasteiger partial charge on any atom is 0.256 e. The number of benzene rings is 2. The molecule has 0 aliphatic carbocycles. The summed E-state index contributed by atoms with van der Waals surface area (Å²) in [5, 5.41) is 11.7. The maximum absolute atomic E-state index is 12.4. The highest BCUT2D eigenvalue weighted by Gasteiger charge is 2.13. The molecule has 2 aromatic carbocycles. The van der Waals surface area contributed by atoms with Gasteiger partial charge in [0.05, 0.1) is 30.0 Å². The van der Waals surface area contributed by atoms with E-state index >= 15 is 0 Å². The lowest BCUT2D eigenvalue weighted by molar-refractivity contribution is 0.102. The van der Waals surface area contributed by atoms with E-state index in [1.165, 1.54) is 18.9 Å². The topological polar surface area (TPSA) is 62.1 Å². The molecule has 106 valence electrons. The van der Waals surface area contributed by atoms with Crippen LogP contribution in [0.1, 0.15) is 15.9 Å². The van der Waals surface area contributed by atoms with Gasteiger partial charge in [-0.3, -0.25) is 4.79 Å². The Balaban J connectivity index is 2.30. The molecule has 0 fully saturated rings. The minimum Gasteiger partial charge on any atom is -0.495 e. The first-order valence-corrected chi connectivity index (χ1v) is 7.44. The fourth-order valence-corrected chi connectivity index (χ4v) is 2.48. The molecular formula is C16H14N2O2S. The molecule has 0 saturated heterocycles. The number of ether oxygens (including phenoxy) is 1. The van der Waals surface area contributed by atoms with Crippen molar-refractivity contribution in [2.45, 2.75) is 4.90 Å². The van der Waals surface area contributed by atoms with Gasteiger partial charge in [0.1, 0.15) is 5.75 Å². The van der Waals surface area contributed by atoms with E-state index in [0.29, 0.717) is 22.6 Å². The molecule has 0 spiro atoms. The van der Waals surface area contributed by atoms with E-state index in [1.54, 1.807) is 24.3 Å². The molecule has 1 N–H and O–H groups in total. The van der Waals surface area contributed by atoms with E-state index in [2.05, 4.69) is 5.32 Å². The van der Waals surface area contributed by atoms with Crippen LogP contribution in [0.15, 0.2) is 47.4 Å². The van der Waals surface area contributed by atoms with Crippen molar-refractivity contribution in [3.63, 3.8) is 0 Å². The summed E-state index contributed by atoms with van der Waals surface area (Å²) >= 11 is 1.52. The molecule has 4 nitrogen and oxygen atoms in total. The summed E-state index contributed by atoms with van der Waals surface area (Å²) in [6, 6.07) is 14.3. The van der Waals surface area contributed by atoms with Crippen LogP contribution in [0, 0.1) is 11.3 Å². The Hall–Kier alpha value is -2.45. The summed E-state index contributed by atoms with van der Waals surface area (Å²) in [7, 11) is 1.50. The van der Waals surface area contributed by atoms with E-state index in [0.717, 1.165) is 4.90 Å². The van der Waals surface area contributed by atoms with E-state index in [-0.39, 0.29) is 5.91 Å². The summed E-state index contributed by atoms with van der Waals surface area (Å²) in [5.41, 5.74) is 1.63. The lowest BCUT2D eigenvalue weighted by Gasteiger charge is -2.12. The summed E-state index contributed by atoms with van der Waals surface area (Å²) < 4.78 is 5.21. The van der Waals surface area contributed by atoms with Gasteiger partial charge in [0.25, 0.3) is 5.91 Å². The van der Waals surface area contributed by atoms with Crippen molar-refractivity contribution in [3.05, 3.63) is 53.6 Å². The Morgan fingerprint density at radius 2 is 2.05 bits per heavy atom. The van der Waals surface area contributed by atoms with E-state index in [4.69, 9.17) is 10.00 Å². The summed E-state index contributed by atoms with van der Waals surface area (Å²) in [6.07, 6.45) is 1.93. The van der Waals surface area contributed by atoms with Gasteiger partial charge in [-0.2, -0.15) is 5.26 Å². The van der Waals surface area contributed by atoms with E-state index < -0.39 is 0 Å². The Morgan fingerprint density at radius 1 is 1.29 bits per heavy atom. The van der Waals surface area contributed by atoms with Gasteiger partial charge < -0.3 is 10.1 Å². The monoisotopic (exact) mass is 298 g/mol. The van der Waals surface area contributed by atoms with Crippen LogP contribution >= 0.6 is 11.8 Å². The van der Waals surface area contributed by atoms with Crippen LogP contribution in [0.4, 0.5) is 5.69 Å². The van der Waals surface area contributed by atoms with Gasteiger partial charge in [0.15, 0.2) is 0 Å². The van der Waals surface area contributed by atoms with E-state index in [1.807, 2.05) is 30.5 Å². The molecule has 0 aliphatic heterocycles. The zero-order valence-corrected chi connectivity index (χ0v) is 12.5. The number of nitrogens with zero attached hydrogens (tertiary/aromatic N) is 1. The number of amides is 1. The average molecular weight is 298 g/mol. The SMILES string of the molecule is COc1cc(C#N)ccc1NC(=O)c1ccccc1SC. The first-order valence-electron chi connectivity index (χ1n) is 6.22. The first-order chi connectivity index (χ1) is 10.2. The number of rotatable bonds is 4. The minimum atomic E-state index is -0.206. The van der Waals surface area contributed by atoms with Gasteiger partial charge in [-0.1, -0.05) is 12.1 Å². The largest absolute Gasteiger partial charge is 0.495 e. The van der Waals surface area contributed by atoms with Crippen LogP contribution in [-0.4, -0.2) is 19.3 Å². The molecule has 0 unspecified atom stereocenters. The Kier molecular flexibility index (Phi) is 4.85. The average Bonchev–Trinajstić information content (AvgIpc) is 2.55. The molecule has 0 saturated carbocycles. The number of methoxy groups -OCH3 is 1. The highest BCUT2D eigenvalue weighted by Crippen LogP contribution is 2.27. The van der Waals surface area contributed by atoms with Crippen molar-refractivity contribution in [1.82, 2.24) is 0 Å². The predicted octanol–water partition coefficient (Wildman–Crippen LogP) is 3.54. The highest BCUT2D eigenvalue weighted by atomic mass is 32.2. The maximum atomic E-state index is 12.4. The van der Waals surface area contributed by atoms with Gasteiger partial charge >= 0.3 is 0 Å². The lowest BCUT2D eigenvalue weighted by Crippen LogP contribution is -2.13. The zero-order valence-electron chi connectivity index (χ0n) is 11.7. The van der Waals surface area contributed by atoms with Crippen LogP contribution in [0.2, 0.25) is 0 Å². The van der Waals surface area contributed by atoms with Gasteiger partial charge in [-0.05, 0) is 30.5 Å². The number of hydrogen-bond acceptors (Lipinski definition) is 4. The second kappa shape index (κ2) is 6.82. The number of hydrogen-bond donors (Lipinski definition) is 1. The van der Waals surface area contributed by atoms with Crippen molar-refractivity contribution < 1.29 is 9.53 Å². The number of thioether (sulfide) groups is 1. The number of anilines is 1. The molecule has 0 bridgehead atoms. The third-order valence-corrected chi connectivity index (χ3v) is 3.73. The highest BCUT2D eigenvalue weighted by molar-refractivity contribution is 7.98. The van der Waals surface area contributed by atoms with Crippen molar-refractivity contribution in [3.8, 4) is 11.8 Å². The van der Waals surface area contributed by atoms with Gasteiger partial charge in [-0.15, -0.1) is 11.8 Å². The van der Waals surface area contributed by atoms with Gasteiger partial charge in [0, 0.05) is 11.0 Å². The second-order valence-corrected chi connectivity index (χ2v) is 5.03. The summed E-state index contributed by atoms with van der Waals surface area (Å²) in [6.45, 7) is 0. The molecule has 0 heterocycles. The van der Waals surface area contributed by atoms with Crippen LogP contribution in [0.3, 0.4) is 0 Å². The number of carbonyl (C=O) groups is 1. The Labute approximate surface area is 127 Å². The minimum absolute atomic E-state index is 0.206. The van der Waals surface area contributed by atoms with Crippen molar-refractivity contribution >= 4 is 23.4 Å². The fourth-order valence-electron chi connectivity index (χ4n) is 1.89. The number of nitriles is 1. The van der Waals surface area contributed by atoms with Gasteiger partial charge in [-0.25, -0.2) is 0 Å². The quantitative estimate of drug-likeness (QED) is 0.877. The summed E-state index contributed by atoms with van der Waals surface area (Å²) in [4.78, 5) is 13.3. The Bertz CT molecular complexity index is 708. The van der Waals surface area contributed by atoms with E-state index in [9.17, 15) is 4.79 Å². The second-order valence-electron chi connectivity index (χ2n) is 4.18. The third-order valence-electron chi connectivity index (χ3n) is 2.93. The van der Waals surface area contributed by atoms with Crippen LogP contribution in [0.25, 0.3) is 0 Å². The molecule has 0 aromatic heterocycles. The van der Waals surface area contributed by atoms with Gasteiger partial charge in [0.2, 0.25) is 0 Å². The molecule has 2 aromatic rings. The van der Waals surface area contributed by atoms with Crippen LogP contribution in [0.5, 0.6) is 5.75 Å². The standard InChI is InChI=1S/C16H14N2O2S/c1-20-14-9-11(10-17)7-8-13(14)18-16(19)12-5-3-4-6-15(12)21-2/h3-9H,1-2H3,(H,18,19). The molecule has 0 atom stereocenters. The van der Waals surface area contributed by atoms with Crippen molar-refractivity contribution in [1.29, 1.82) is 5.26 Å². The Morgan fingerprint density at radius 3 is 2.71 bits per heavy atom. The van der Waals surface area contributed by atoms with Crippen molar-refractivity contribution in [2.24, 2.45) is 0 Å². The molecule has 1 amide bonds. The smallest absolute Gasteiger partial charge is 0.256 e. The molecule has 2 rings (SSSR count). The third kappa shape index (κ3) is 3.36. The fraction of sp³-hybridized carbons (Fsp3) is 0.125. The van der Waals surface area contributed by atoms with Crippen molar-refractivity contribution in [2.75, 3.05) is 18.7 Å². The first kappa shape index (κ1) is 14.9. The lowest BCUT2D eigenvalue weighted by atomic mass is 10.1. The molecular weight excluding hydrogens is 284 g/mol. The number of nitrogens with one attached hydrogen (secondary N) is 1. The normalized spacial score (nSPS) is 9.76.